The van der Waals surface area contributed by atoms with Crippen molar-refractivity contribution < 1.29 is 9.59 Å². The van der Waals surface area contributed by atoms with Crippen molar-refractivity contribution in [3.63, 3.8) is 0 Å². The Kier molecular flexibility index (Phi) is 5.84. The molecule has 0 aliphatic carbocycles. The van der Waals surface area contributed by atoms with Gasteiger partial charge >= 0.3 is 0 Å². The molecule has 0 spiro atoms. The van der Waals surface area contributed by atoms with Gasteiger partial charge in [0.1, 0.15) is 0 Å². The highest BCUT2D eigenvalue weighted by atomic mass is 16.2. The average Bonchev–Trinajstić information content (AvgIpc) is 2.71. The van der Waals surface area contributed by atoms with Gasteiger partial charge in [0.25, 0.3) is 5.91 Å². The second kappa shape index (κ2) is 8.48. The number of amides is 2. The lowest BCUT2D eigenvalue weighted by Gasteiger charge is -2.08. The molecule has 0 radical (unpaired) electrons. The Hall–Kier alpha value is -3.47. The molecular formula is C23H23N3O2. The van der Waals surface area contributed by atoms with Gasteiger partial charge in [0.05, 0.1) is 5.71 Å². The second-order valence-electron chi connectivity index (χ2n) is 6.92. The summed E-state index contributed by atoms with van der Waals surface area (Å²) in [5, 5.41) is 9.30. The first kappa shape index (κ1) is 19.3. The van der Waals surface area contributed by atoms with Crippen molar-refractivity contribution >= 4 is 34.0 Å². The van der Waals surface area contributed by atoms with E-state index in [0.29, 0.717) is 11.3 Å². The van der Waals surface area contributed by atoms with E-state index in [2.05, 4.69) is 21.9 Å². The lowest BCUT2D eigenvalue weighted by Crippen LogP contribution is -2.20. The van der Waals surface area contributed by atoms with Crippen molar-refractivity contribution in [2.24, 2.45) is 11.0 Å². The van der Waals surface area contributed by atoms with E-state index >= 15 is 0 Å². The van der Waals surface area contributed by atoms with Gasteiger partial charge in [-0.05, 0) is 53.6 Å². The Morgan fingerprint density at radius 1 is 0.857 bits per heavy atom. The minimum Gasteiger partial charge on any atom is -0.326 e. The Balaban J connectivity index is 1.67. The van der Waals surface area contributed by atoms with Crippen LogP contribution in [0, 0.1) is 5.92 Å². The van der Waals surface area contributed by atoms with E-state index in [9.17, 15) is 9.59 Å². The smallest absolute Gasteiger partial charge is 0.271 e. The molecule has 0 aliphatic rings. The van der Waals surface area contributed by atoms with Crippen LogP contribution in [0.25, 0.3) is 10.8 Å². The number of anilines is 1. The minimum absolute atomic E-state index is 0.0622. The Labute approximate surface area is 164 Å². The number of carbonyl (C=O) groups excluding carboxylic acids is 2. The molecule has 3 aromatic carbocycles. The van der Waals surface area contributed by atoms with E-state index in [1.807, 2.05) is 57.2 Å². The van der Waals surface area contributed by atoms with E-state index in [0.717, 1.165) is 22.0 Å². The van der Waals surface area contributed by atoms with Gasteiger partial charge in [0, 0.05) is 17.2 Å². The van der Waals surface area contributed by atoms with Gasteiger partial charge in [-0.15, -0.1) is 0 Å². The molecule has 0 aliphatic heterocycles. The summed E-state index contributed by atoms with van der Waals surface area (Å²) in [5.41, 5.74) is 5.39. The van der Waals surface area contributed by atoms with Crippen LogP contribution in [0.1, 0.15) is 36.7 Å². The van der Waals surface area contributed by atoms with Crippen LogP contribution >= 0.6 is 0 Å². The van der Waals surface area contributed by atoms with Crippen molar-refractivity contribution in [3.8, 4) is 0 Å². The maximum absolute atomic E-state index is 12.3. The van der Waals surface area contributed by atoms with Crippen molar-refractivity contribution in [1.29, 1.82) is 0 Å². The van der Waals surface area contributed by atoms with Gasteiger partial charge in [-0.25, -0.2) is 5.43 Å². The Bertz CT molecular complexity index is 1040. The lowest BCUT2D eigenvalue weighted by molar-refractivity contribution is -0.118. The molecule has 0 bridgehead atoms. The zero-order valence-electron chi connectivity index (χ0n) is 16.2. The molecule has 3 rings (SSSR count). The van der Waals surface area contributed by atoms with E-state index in [1.54, 1.807) is 24.3 Å². The van der Waals surface area contributed by atoms with Crippen LogP contribution in [-0.2, 0) is 4.79 Å². The normalized spacial score (nSPS) is 11.5. The summed E-state index contributed by atoms with van der Waals surface area (Å²) < 4.78 is 0. The van der Waals surface area contributed by atoms with E-state index < -0.39 is 0 Å². The number of nitrogens with zero attached hydrogens (tertiary/aromatic N) is 1. The van der Waals surface area contributed by atoms with Gasteiger partial charge in [0.2, 0.25) is 5.91 Å². The first-order valence-electron chi connectivity index (χ1n) is 9.19. The fraction of sp³-hybridized carbons (Fsp3) is 0.174. The molecule has 0 unspecified atom stereocenters. The fourth-order valence-corrected chi connectivity index (χ4v) is 2.67. The van der Waals surface area contributed by atoms with Crippen molar-refractivity contribution in [1.82, 2.24) is 5.43 Å². The highest BCUT2D eigenvalue weighted by Crippen LogP contribution is 2.16. The van der Waals surface area contributed by atoms with Crippen molar-refractivity contribution in [3.05, 3.63) is 77.9 Å². The topological polar surface area (TPSA) is 70.6 Å². The molecule has 0 aromatic heterocycles. The summed E-state index contributed by atoms with van der Waals surface area (Å²) in [4.78, 5) is 24.0. The molecule has 5 nitrogen and oxygen atoms in total. The molecule has 0 atom stereocenters. The van der Waals surface area contributed by atoms with Gasteiger partial charge in [0.15, 0.2) is 0 Å². The van der Waals surface area contributed by atoms with Crippen LogP contribution in [0.15, 0.2) is 71.8 Å². The van der Waals surface area contributed by atoms with Gasteiger partial charge in [-0.2, -0.15) is 5.10 Å². The first-order chi connectivity index (χ1) is 13.4. The summed E-state index contributed by atoms with van der Waals surface area (Å²) in [5.74, 6) is -0.468. The number of hydrazone groups is 1. The molecule has 2 N–H and O–H groups in total. The zero-order chi connectivity index (χ0) is 20.1. The molecular weight excluding hydrogens is 350 g/mol. The zero-order valence-corrected chi connectivity index (χ0v) is 16.2. The van der Waals surface area contributed by atoms with E-state index in [4.69, 9.17) is 0 Å². The largest absolute Gasteiger partial charge is 0.326 e. The molecule has 28 heavy (non-hydrogen) atoms. The highest BCUT2D eigenvalue weighted by molar-refractivity contribution is 6.03. The lowest BCUT2D eigenvalue weighted by atomic mass is 10.0. The van der Waals surface area contributed by atoms with Crippen LogP contribution in [0.4, 0.5) is 5.69 Å². The number of carbonyl (C=O) groups is 2. The van der Waals surface area contributed by atoms with E-state index in [-0.39, 0.29) is 17.7 Å². The Morgan fingerprint density at radius 3 is 2.18 bits per heavy atom. The molecule has 142 valence electrons. The first-order valence-corrected chi connectivity index (χ1v) is 9.19. The van der Waals surface area contributed by atoms with Gasteiger partial charge in [-0.1, -0.05) is 50.2 Å². The molecule has 0 heterocycles. The summed E-state index contributed by atoms with van der Waals surface area (Å²) in [6, 6.07) is 20.9. The monoisotopic (exact) mass is 373 g/mol. The standard InChI is InChI=1S/C23H23N3O2/c1-15(2)22(27)24-21-12-10-18(11-13-21)23(28)26-25-16(3)19-9-8-17-6-4-5-7-20(17)14-19/h4-15H,1-3H3,(H,24,27)(H,26,28). The van der Waals surface area contributed by atoms with Crippen molar-refractivity contribution in [2.75, 3.05) is 5.32 Å². The van der Waals surface area contributed by atoms with Crippen LogP contribution in [0.3, 0.4) is 0 Å². The predicted molar refractivity (Wildman–Crippen MR) is 114 cm³/mol. The summed E-state index contributed by atoms with van der Waals surface area (Å²) >= 11 is 0. The summed E-state index contributed by atoms with van der Waals surface area (Å²) in [7, 11) is 0. The Morgan fingerprint density at radius 2 is 1.50 bits per heavy atom. The third-order valence-corrected chi connectivity index (χ3v) is 4.43. The van der Waals surface area contributed by atoms with Crippen molar-refractivity contribution in [2.45, 2.75) is 20.8 Å². The van der Waals surface area contributed by atoms with Crippen LogP contribution in [0.5, 0.6) is 0 Å². The number of nitrogens with one attached hydrogen (secondary N) is 2. The number of rotatable bonds is 5. The third-order valence-electron chi connectivity index (χ3n) is 4.43. The SMILES string of the molecule is CC(=NNC(=O)c1ccc(NC(=O)C(C)C)cc1)c1ccc2ccccc2c1. The van der Waals surface area contributed by atoms with Gasteiger partial charge < -0.3 is 5.32 Å². The fourth-order valence-electron chi connectivity index (χ4n) is 2.67. The van der Waals surface area contributed by atoms with E-state index in [1.165, 1.54) is 0 Å². The second-order valence-corrected chi connectivity index (χ2v) is 6.92. The van der Waals surface area contributed by atoms with Gasteiger partial charge in [-0.3, -0.25) is 9.59 Å². The molecule has 3 aromatic rings. The average molecular weight is 373 g/mol. The predicted octanol–water partition coefficient (Wildman–Crippen LogP) is 4.59. The maximum atomic E-state index is 12.3. The molecule has 0 saturated carbocycles. The van der Waals surface area contributed by atoms with Crippen LogP contribution in [0.2, 0.25) is 0 Å². The summed E-state index contributed by atoms with van der Waals surface area (Å²) in [6.07, 6.45) is 0. The molecule has 5 heteroatoms. The molecule has 0 fully saturated rings. The minimum atomic E-state index is -0.304. The maximum Gasteiger partial charge on any atom is 0.271 e. The quantitative estimate of drug-likeness (QED) is 0.507. The number of hydrogen-bond acceptors (Lipinski definition) is 3. The van der Waals surface area contributed by atoms with Crippen LogP contribution < -0.4 is 10.7 Å². The third kappa shape index (κ3) is 4.62. The summed E-state index contributed by atoms with van der Waals surface area (Å²) in [6.45, 7) is 5.51. The number of fused-ring (bicyclic) bond motifs is 1. The number of hydrogen-bond donors (Lipinski definition) is 2. The van der Waals surface area contributed by atoms with Crippen LogP contribution in [-0.4, -0.2) is 17.5 Å². The molecule has 2 amide bonds. The number of benzene rings is 3. The highest BCUT2D eigenvalue weighted by Gasteiger charge is 2.09. The molecule has 0 saturated heterocycles.